The van der Waals surface area contributed by atoms with E-state index in [4.69, 9.17) is 0 Å². The van der Waals surface area contributed by atoms with E-state index in [0.717, 1.165) is 64.6 Å². The first-order chi connectivity index (χ1) is 14.6. The minimum absolute atomic E-state index is 0. The second kappa shape index (κ2) is 13.2. The van der Waals surface area contributed by atoms with Crippen LogP contribution in [0.15, 0.2) is 35.3 Å². The first kappa shape index (κ1) is 25.9. The predicted molar refractivity (Wildman–Crippen MR) is 138 cm³/mol. The number of halogens is 1. The number of carbonyl (C=O) groups is 1. The molecule has 0 saturated carbocycles. The summed E-state index contributed by atoms with van der Waals surface area (Å²) in [5.74, 6) is 1.08. The molecule has 1 amide bonds. The molecule has 2 aliphatic rings. The topological polar surface area (TPSA) is 63.2 Å². The zero-order valence-corrected chi connectivity index (χ0v) is 21.5. The van der Waals surface area contributed by atoms with Crippen molar-refractivity contribution >= 4 is 35.8 Å². The number of carbonyl (C=O) groups excluding carboxylic acids is 1. The van der Waals surface area contributed by atoms with Gasteiger partial charge in [0.25, 0.3) is 0 Å². The summed E-state index contributed by atoms with van der Waals surface area (Å²) in [6.45, 7) is 8.79. The largest absolute Gasteiger partial charge is 0.356 e. The maximum Gasteiger partial charge on any atom is 0.222 e. The Morgan fingerprint density at radius 2 is 1.94 bits per heavy atom. The Kier molecular flexibility index (Phi) is 11.0. The number of piperazine rings is 1. The molecule has 0 radical (unpaired) electrons. The van der Waals surface area contributed by atoms with Crippen molar-refractivity contribution < 1.29 is 4.79 Å². The summed E-state index contributed by atoms with van der Waals surface area (Å²) in [5, 5.41) is 6.93. The third kappa shape index (κ3) is 7.61. The standard InChI is InChI=1S/C23H38N6O.HI/c1-4-22(30)29-14-11-20(17-29)26-23(24-2)25-12-8-13-28-16-15-27(3)18-21(28)19-9-6-5-7-10-19;/h5-7,9-10,20-21H,4,8,11-18H2,1-3H3,(H2,24,25,26);1H. The molecule has 2 unspecified atom stereocenters. The third-order valence-corrected chi connectivity index (χ3v) is 6.20. The molecule has 1 aromatic rings. The summed E-state index contributed by atoms with van der Waals surface area (Å²) in [4.78, 5) is 23.2. The Bertz CT molecular complexity index is 701. The van der Waals surface area contributed by atoms with E-state index in [1.54, 1.807) is 0 Å². The molecular weight excluding hydrogens is 503 g/mol. The molecule has 8 heteroatoms. The van der Waals surface area contributed by atoms with Gasteiger partial charge in [-0.15, -0.1) is 24.0 Å². The molecule has 2 N–H and O–H groups in total. The Morgan fingerprint density at radius 1 is 1.16 bits per heavy atom. The van der Waals surface area contributed by atoms with Crippen LogP contribution in [0.25, 0.3) is 0 Å². The summed E-state index contributed by atoms with van der Waals surface area (Å²) >= 11 is 0. The quantitative estimate of drug-likeness (QED) is 0.240. The summed E-state index contributed by atoms with van der Waals surface area (Å²) in [5.41, 5.74) is 1.40. The summed E-state index contributed by atoms with van der Waals surface area (Å²) in [7, 11) is 4.02. The smallest absolute Gasteiger partial charge is 0.222 e. The van der Waals surface area contributed by atoms with Gasteiger partial charge in [-0.2, -0.15) is 0 Å². The second-order valence-corrected chi connectivity index (χ2v) is 8.40. The van der Waals surface area contributed by atoms with E-state index >= 15 is 0 Å². The SMILES string of the molecule is CCC(=O)N1CCC(NC(=NC)NCCCN2CCN(C)CC2c2ccccc2)C1.I. The van der Waals surface area contributed by atoms with Crippen molar-refractivity contribution in [3.8, 4) is 0 Å². The van der Waals surface area contributed by atoms with Crippen LogP contribution in [0.1, 0.15) is 37.8 Å². The molecule has 2 atom stereocenters. The van der Waals surface area contributed by atoms with Crippen LogP contribution in [-0.4, -0.2) is 92.5 Å². The van der Waals surface area contributed by atoms with Gasteiger partial charge in [0.15, 0.2) is 5.96 Å². The maximum absolute atomic E-state index is 11.9. The molecule has 1 aromatic carbocycles. The third-order valence-electron chi connectivity index (χ3n) is 6.20. The summed E-state index contributed by atoms with van der Waals surface area (Å²) in [6.07, 6.45) is 2.63. The van der Waals surface area contributed by atoms with Gasteiger partial charge in [-0.25, -0.2) is 0 Å². The molecule has 0 aromatic heterocycles. The number of hydrogen-bond donors (Lipinski definition) is 2. The molecule has 0 spiro atoms. The molecule has 3 rings (SSSR count). The van der Waals surface area contributed by atoms with Crippen molar-refractivity contribution in [3.05, 3.63) is 35.9 Å². The lowest BCUT2D eigenvalue weighted by atomic mass is 10.0. The zero-order valence-electron chi connectivity index (χ0n) is 19.2. The molecule has 2 fully saturated rings. The molecule has 31 heavy (non-hydrogen) atoms. The number of aliphatic imine (C=N–C) groups is 1. The van der Waals surface area contributed by atoms with Gasteiger partial charge in [-0.05, 0) is 25.5 Å². The zero-order chi connectivity index (χ0) is 21.3. The van der Waals surface area contributed by atoms with Crippen LogP contribution in [0.5, 0.6) is 0 Å². The highest BCUT2D eigenvalue weighted by molar-refractivity contribution is 14.0. The van der Waals surface area contributed by atoms with Gasteiger partial charge < -0.3 is 20.4 Å². The fourth-order valence-electron chi connectivity index (χ4n) is 4.42. The van der Waals surface area contributed by atoms with E-state index in [2.05, 4.69) is 62.8 Å². The minimum Gasteiger partial charge on any atom is -0.356 e. The van der Waals surface area contributed by atoms with Crippen molar-refractivity contribution in [2.75, 3.05) is 59.9 Å². The highest BCUT2D eigenvalue weighted by Gasteiger charge is 2.27. The highest BCUT2D eigenvalue weighted by atomic mass is 127. The van der Waals surface area contributed by atoms with E-state index in [-0.39, 0.29) is 35.9 Å². The van der Waals surface area contributed by atoms with Crippen molar-refractivity contribution in [2.24, 2.45) is 4.99 Å². The Labute approximate surface area is 204 Å². The van der Waals surface area contributed by atoms with Crippen LogP contribution in [0.3, 0.4) is 0 Å². The molecule has 2 saturated heterocycles. The lowest BCUT2D eigenvalue weighted by Gasteiger charge is -2.40. The van der Waals surface area contributed by atoms with Crippen molar-refractivity contribution in [1.29, 1.82) is 0 Å². The van der Waals surface area contributed by atoms with Crippen LogP contribution in [0, 0.1) is 0 Å². The predicted octanol–water partition coefficient (Wildman–Crippen LogP) is 2.16. The number of nitrogens with one attached hydrogen (secondary N) is 2. The van der Waals surface area contributed by atoms with Crippen LogP contribution < -0.4 is 10.6 Å². The monoisotopic (exact) mass is 542 g/mol. The van der Waals surface area contributed by atoms with Crippen LogP contribution in [0.4, 0.5) is 0 Å². The lowest BCUT2D eigenvalue weighted by molar-refractivity contribution is -0.129. The van der Waals surface area contributed by atoms with E-state index in [0.29, 0.717) is 12.5 Å². The van der Waals surface area contributed by atoms with Gasteiger partial charge in [0, 0.05) is 71.4 Å². The van der Waals surface area contributed by atoms with Crippen LogP contribution in [-0.2, 0) is 4.79 Å². The molecule has 2 aliphatic heterocycles. The van der Waals surface area contributed by atoms with E-state index in [1.165, 1.54) is 5.56 Å². The number of rotatable bonds is 7. The van der Waals surface area contributed by atoms with Crippen molar-refractivity contribution in [1.82, 2.24) is 25.3 Å². The normalized spacial score (nSPS) is 22.8. The maximum atomic E-state index is 11.9. The molecule has 7 nitrogen and oxygen atoms in total. The molecule has 2 heterocycles. The highest BCUT2D eigenvalue weighted by Crippen LogP contribution is 2.24. The average Bonchev–Trinajstić information content (AvgIpc) is 3.25. The Balaban J connectivity index is 0.00000341. The van der Waals surface area contributed by atoms with E-state index in [9.17, 15) is 4.79 Å². The first-order valence-corrected chi connectivity index (χ1v) is 11.3. The number of likely N-dealkylation sites (tertiary alicyclic amines) is 1. The number of nitrogens with zero attached hydrogens (tertiary/aromatic N) is 4. The van der Waals surface area contributed by atoms with Crippen LogP contribution in [0.2, 0.25) is 0 Å². The van der Waals surface area contributed by atoms with Crippen molar-refractivity contribution in [3.63, 3.8) is 0 Å². The molecule has 0 bridgehead atoms. The number of hydrogen-bond acceptors (Lipinski definition) is 4. The molecular formula is C23H39IN6O. The Morgan fingerprint density at radius 3 is 2.65 bits per heavy atom. The minimum atomic E-state index is 0. The number of amides is 1. The van der Waals surface area contributed by atoms with Gasteiger partial charge in [0.1, 0.15) is 0 Å². The summed E-state index contributed by atoms with van der Waals surface area (Å²) < 4.78 is 0. The molecule has 0 aliphatic carbocycles. The van der Waals surface area contributed by atoms with E-state index < -0.39 is 0 Å². The number of benzene rings is 1. The number of likely N-dealkylation sites (N-methyl/N-ethyl adjacent to an activating group) is 1. The van der Waals surface area contributed by atoms with Gasteiger partial charge >= 0.3 is 0 Å². The van der Waals surface area contributed by atoms with Crippen LogP contribution >= 0.6 is 24.0 Å². The van der Waals surface area contributed by atoms with Gasteiger partial charge in [0.2, 0.25) is 5.91 Å². The van der Waals surface area contributed by atoms with E-state index in [1.807, 2.05) is 18.9 Å². The fourth-order valence-corrected chi connectivity index (χ4v) is 4.42. The van der Waals surface area contributed by atoms with Gasteiger partial charge in [-0.1, -0.05) is 37.3 Å². The average molecular weight is 543 g/mol. The van der Waals surface area contributed by atoms with Crippen molar-refractivity contribution in [2.45, 2.75) is 38.3 Å². The fraction of sp³-hybridized carbons (Fsp3) is 0.652. The molecule has 174 valence electrons. The van der Waals surface area contributed by atoms with Gasteiger partial charge in [0.05, 0.1) is 0 Å². The lowest BCUT2D eigenvalue weighted by Crippen LogP contribution is -2.48. The second-order valence-electron chi connectivity index (χ2n) is 8.40. The van der Waals surface area contributed by atoms with Gasteiger partial charge in [-0.3, -0.25) is 14.7 Å². The summed E-state index contributed by atoms with van der Waals surface area (Å²) in [6, 6.07) is 11.6. The first-order valence-electron chi connectivity index (χ1n) is 11.3. The number of guanidine groups is 1. The Hall–Kier alpha value is -1.39.